The Morgan fingerprint density at radius 1 is 1.02 bits per heavy atom. The zero-order valence-electron chi connectivity index (χ0n) is 31.8. The van der Waals surface area contributed by atoms with Crippen molar-refractivity contribution in [3.05, 3.63) is 81.4 Å². The van der Waals surface area contributed by atoms with Crippen LogP contribution in [0.15, 0.2) is 42.5 Å². The van der Waals surface area contributed by atoms with Gasteiger partial charge in [-0.1, -0.05) is 24.3 Å². The van der Waals surface area contributed by atoms with Gasteiger partial charge in [-0.2, -0.15) is 0 Å². The molecule has 6 rings (SSSR count). The smallest absolute Gasteiger partial charge is 0.407 e. The first-order valence-corrected chi connectivity index (χ1v) is 18.5. The largest absolute Gasteiger partial charge is 0.507 e. The highest BCUT2D eigenvalue weighted by molar-refractivity contribution is 6.31. The summed E-state index contributed by atoms with van der Waals surface area (Å²) in [5.74, 6) is -5.90. The molecule has 1 aliphatic heterocycles. The molecule has 1 fully saturated rings. The van der Waals surface area contributed by atoms with Crippen molar-refractivity contribution >= 4 is 41.0 Å². The topological polar surface area (TPSA) is 311 Å². The Morgan fingerprint density at radius 2 is 1.71 bits per heavy atom. The highest BCUT2D eigenvalue weighted by atomic mass is 16.7. The molecule has 10 N–H and O–H groups in total. The predicted octanol–water partition coefficient (Wildman–Crippen LogP) is 1.10. The van der Waals surface area contributed by atoms with Gasteiger partial charge in [0.15, 0.2) is 17.9 Å². The van der Waals surface area contributed by atoms with Crippen molar-refractivity contribution in [1.82, 2.24) is 5.32 Å². The van der Waals surface area contributed by atoms with Gasteiger partial charge in [0.05, 0.1) is 42.0 Å². The normalized spacial score (nSPS) is 23.9. The fourth-order valence-electron chi connectivity index (χ4n) is 7.52. The maximum atomic E-state index is 13.9. The van der Waals surface area contributed by atoms with Gasteiger partial charge < -0.3 is 66.0 Å². The standard InChI is InChI=1S/C40H43N3O16/c1-17-33(47)23(43-39(54)57-16-18-6-8-19(9-7-18)42-27(46)11-10-22(41)38(52)53)12-28(58-17)59-25-14-40(55,26(45)15-44)13-21-30(25)37(51)32-31(35(21)49)34(48)20-4-3-5-24(56-2)29(20)36(32)50/h3-9,17,22-23,25,28,33,44,47,49,51,55H,10-16,41H2,1-2H3,(H,42,46)(H,43,54)(H,52,53)/t17?,22?,23?,25?,28?,33?,40-/m0/s1. The third kappa shape index (κ3) is 8.47. The molecule has 6 unspecified atom stereocenters. The zero-order chi connectivity index (χ0) is 42.9. The number of ketones is 3. The molecule has 19 nitrogen and oxygen atoms in total. The first kappa shape index (κ1) is 42.6. The maximum Gasteiger partial charge on any atom is 0.407 e. The number of alkyl carbamates (subject to hydrolysis) is 1. The highest BCUT2D eigenvalue weighted by Crippen LogP contribution is 2.52. The number of hydrogen-bond acceptors (Lipinski definition) is 16. The van der Waals surface area contributed by atoms with Crippen molar-refractivity contribution in [2.24, 2.45) is 5.73 Å². The van der Waals surface area contributed by atoms with Gasteiger partial charge >= 0.3 is 12.1 Å². The summed E-state index contributed by atoms with van der Waals surface area (Å²) in [6.45, 7) is 0.157. The van der Waals surface area contributed by atoms with Gasteiger partial charge in [-0.15, -0.1) is 0 Å². The minimum atomic E-state index is -2.38. The predicted molar refractivity (Wildman–Crippen MR) is 201 cm³/mol. The van der Waals surface area contributed by atoms with Crippen LogP contribution in [0.2, 0.25) is 0 Å². The first-order valence-electron chi connectivity index (χ1n) is 18.5. The molecular formula is C40H43N3O16. The van der Waals surface area contributed by atoms with E-state index < -0.39 is 120 Å². The second-order valence-corrected chi connectivity index (χ2v) is 14.6. The van der Waals surface area contributed by atoms with Crippen LogP contribution < -0.4 is 21.1 Å². The van der Waals surface area contributed by atoms with Gasteiger partial charge in [-0.05, 0) is 37.1 Å². The molecule has 0 radical (unpaired) electrons. The maximum absolute atomic E-state index is 13.9. The van der Waals surface area contributed by atoms with E-state index in [1.54, 1.807) is 24.3 Å². The lowest BCUT2D eigenvalue weighted by molar-refractivity contribution is -0.249. The second-order valence-electron chi connectivity index (χ2n) is 14.6. The van der Waals surface area contributed by atoms with Gasteiger partial charge in [0.1, 0.15) is 48.2 Å². The van der Waals surface area contributed by atoms with Gasteiger partial charge in [0.2, 0.25) is 11.7 Å². The molecule has 2 amide bonds. The Labute approximate surface area is 335 Å². The number of fused-ring (bicyclic) bond motifs is 3. The Bertz CT molecular complexity index is 2190. The van der Waals surface area contributed by atoms with E-state index in [9.17, 15) is 54.3 Å². The number of carboxylic acids is 1. The summed E-state index contributed by atoms with van der Waals surface area (Å²) in [7, 11) is 1.29. The van der Waals surface area contributed by atoms with Crippen LogP contribution >= 0.6 is 0 Å². The molecule has 59 heavy (non-hydrogen) atoms. The molecule has 19 heteroatoms. The summed E-state index contributed by atoms with van der Waals surface area (Å²) >= 11 is 0. The van der Waals surface area contributed by atoms with Gasteiger partial charge in [-0.3, -0.25) is 24.0 Å². The van der Waals surface area contributed by atoms with Crippen LogP contribution in [0.1, 0.15) is 87.2 Å². The number of methoxy groups -OCH3 is 1. The lowest BCUT2D eigenvalue weighted by atomic mass is 9.72. The number of aliphatic hydroxyl groups is 3. The van der Waals surface area contributed by atoms with Gasteiger partial charge in [0, 0.05) is 48.1 Å². The molecule has 314 valence electrons. The number of phenols is 2. The molecule has 7 atom stereocenters. The van der Waals surface area contributed by atoms with E-state index in [-0.39, 0.29) is 53.9 Å². The van der Waals surface area contributed by atoms with Crippen molar-refractivity contribution in [2.45, 2.75) is 87.9 Å². The summed E-state index contributed by atoms with van der Waals surface area (Å²) in [5.41, 5.74) is 2.10. The van der Waals surface area contributed by atoms with E-state index >= 15 is 0 Å². The molecule has 0 spiro atoms. The van der Waals surface area contributed by atoms with Crippen LogP contribution in [0.4, 0.5) is 10.5 Å². The molecule has 3 aromatic rings. The first-order chi connectivity index (χ1) is 28.0. The van der Waals surface area contributed by atoms with Crippen LogP contribution in [0, 0.1) is 0 Å². The molecule has 0 saturated carbocycles. The second kappa shape index (κ2) is 17.1. The molecular weight excluding hydrogens is 778 g/mol. The number of amides is 2. The van der Waals surface area contributed by atoms with Crippen molar-refractivity contribution in [3.8, 4) is 17.2 Å². The number of carbonyl (C=O) groups is 6. The number of carbonyl (C=O) groups excluding carboxylic acids is 5. The summed E-state index contributed by atoms with van der Waals surface area (Å²) in [4.78, 5) is 76.5. The van der Waals surface area contributed by atoms with Crippen molar-refractivity contribution in [3.63, 3.8) is 0 Å². The average Bonchev–Trinajstić information content (AvgIpc) is 3.20. The van der Waals surface area contributed by atoms with Crippen LogP contribution in [0.3, 0.4) is 0 Å². The highest BCUT2D eigenvalue weighted by Gasteiger charge is 2.50. The van der Waals surface area contributed by atoms with E-state index in [1.165, 1.54) is 32.2 Å². The number of hydrogen-bond donors (Lipinski definition) is 9. The lowest BCUT2D eigenvalue weighted by Gasteiger charge is -2.42. The number of ether oxygens (including phenoxy) is 4. The number of aliphatic carboxylic acids is 1. The molecule has 0 aromatic heterocycles. The number of nitrogens with two attached hydrogens (primary N) is 1. The van der Waals surface area contributed by atoms with E-state index in [0.29, 0.717) is 11.3 Å². The number of aliphatic hydroxyl groups excluding tert-OH is 2. The minimum Gasteiger partial charge on any atom is -0.507 e. The number of nitrogens with one attached hydrogen (secondary N) is 2. The number of aromatic hydroxyl groups is 2. The zero-order valence-corrected chi connectivity index (χ0v) is 31.8. The molecule has 3 aromatic carbocycles. The van der Waals surface area contributed by atoms with Crippen molar-refractivity contribution in [1.29, 1.82) is 0 Å². The Balaban J connectivity index is 1.18. The fraction of sp³-hybridized carbons (Fsp3) is 0.400. The third-order valence-corrected chi connectivity index (χ3v) is 10.7. The molecule has 0 bridgehead atoms. The van der Waals surface area contributed by atoms with E-state index in [1.807, 2.05) is 0 Å². The number of anilines is 1. The van der Waals surface area contributed by atoms with E-state index in [2.05, 4.69) is 10.6 Å². The number of carboxylic acid groups (broad SMARTS) is 1. The summed E-state index contributed by atoms with van der Waals surface area (Å²) in [5, 5.41) is 69.6. The number of phenolic OH excluding ortho intramolecular Hbond substituents is 2. The van der Waals surface area contributed by atoms with Gasteiger partial charge in [0.25, 0.3) is 0 Å². The lowest BCUT2D eigenvalue weighted by Crippen LogP contribution is -2.56. The van der Waals surface area contributed by atoms with Crippen LogP contribution in [-0.2, 0) is 41.6 Å². The molecule has 1 heterocycles. The average molecular weight is 822 g/mol. The minimum absolute atomic E-state index is 0.0384. The van der Waals surface area contributed by atoms with Crippen LogP contribution in [0.25, 0.3) is 0 Å². The fourth-order valence-corrected chi connectivity index (χ4v) is 7.52. The monoisotopic (exact) mass is 821 g/mol. The number of rotatable bonds is 13. The molecule has 2 aliphatic carbocycles. The summed E-state index contributed by atoms with van der Waals surface area (Å²) < 4.78 is 22.7. The number of benzene rings is 3. The SMILES string of the molecule is COc1cccc2c1C(=O)c1c(O)c3c(c(O)c1C2=O)C[C@@](O)(C(=O)CO)CC3OC1CC(NC(=O)OCc2ccc(NC(=O)CCC(N)C(=O)O)cc2)C(O)C(C)O1. The Hall–Kier alpha value is -5.96. The van der Waals surface area contributed by atoms with Crippen LogP contribution in [-0.4, -0.2) is 116 Å². The van der Waals surface area contributed by atoms with Gasteiger partial charge in [-0.25, -0.2) is 4.79 Å². The van der Waals surface area contributed by atoms with E-state index in [0.717, 1.165) is 0 Å². The Morgan fingerprint density at radius 3 is 2.37 bits per heavy atom. The van der Waals surface area contributed by atoms with Crippen molar-refractivity contribution in [2.75, 3.05) is 19.0 Å². The molecule has 3 aliphatic rings. The summed E-state index contributed by atoms with van der Waals surface area (Å²) in [6, 6.07) is 8.29. The Kier molecular flexibility index (Phi) is 12.4. The van der Waals surface area contributed by atoms with Crippen molar-refractivity contribution < 1.29 is 78.4 Å². The third-order valence-electron chi connectivity index (χ3n) is 10.7. The van der Waals surface area contributed by atoms with Crippen LogP contribution in [0.5, 0.6) is 17.2 Å². The van der Waals surface area contributed by atoms with E-state index in [4.69, 9.17) is 29.8 Å². The number of Topliss-reactive ketones (excluding diaryl/α,β-unsaturated/α-hetero) is 1. The quantitative estimate of drug-likeness (QED) is 0.0853. The molecule has 1 saturated heterocycles. The summed E-state index contributed by atoms with van der Waals surface area (Å²) in [6.07, 6.45) is -7.73.